The number of unbranched alkanes of at least 4 members (excludes halogenated alkanes) is 2. The maximum absolute atomic E-state index is 13.3. The SMILES string of the molecule is C=CS(=O)(=O)CCCCCC(=O)N[C@H](C(=O)NC(CCCNC(N)=O)C(=O)Nc1ccc(COC(=O)C(C)(C)C)cc1)C(C)C. The van der Waals surface area contributed by atoms with Gasteiger partial charge in [-0.25, -0.2) is 13.2 Å². The standard InChI is InChI=1S/C31H49N5O8S/c1-7-45(42,43)19-10-8-9-13-25(37)36-26(21(2)3)28(39)35-24(12-11-18-33-30(32)41)27(38)34-23-16-14-22(15-17-23)20-44-29(40)31(4,5)6/h7,14-17,21,24,26H,1,8-13,18-20H2,2-6H3,(H,34,38)(H,35,39)(H,36,37)(H3,32,33,41)/t24?,26-/m0/s1. The van der Waals surface area contributed by atoms with Gasteiger partial charge in [-0.05, 0) is 70.1 Å². The van der Waals surface area contributed by atoms with Gasteiger partial charge in [0, 0.05) is 24.1 Å². The molecule has 0 spiro atoms. The fourth-order valence-corrected chi connectivity index (χ4v) is 4.73. The number of benzene rings is 1. The van der Waals surface area contributed by atoms with Crippen LogP contribution in [0.15, 0.2) is 36.3 Å². The van der Waals surface area contributed by atoms with E-state index in [1.807, 2.05) is 0 Å². The summed E-state index contributed by atoms with van der Waals surface area (Å²) in [6, 6.07) is 4.08. The minimum absolute atomic E-state index is 0.0371. The predicted octanol–water partition coefficient (Wildman–Crippen LogP) is 2.91. The third-order valence-corrected chi connectivity index (χ3v) is 8.02. The molecule has 1 aromatic rings. The van der Waals surface area contributed by atoms with Crippen LogP contribution in [0.5, 0.6) is 0 Å². The lowest BCUT2D eigenvalue weighted by molar-refractivity contribution is -0.154. The highest BCUT2D eigenvalue weighted by Gasteiger charge is 2.29. The molecule has 0 aliphatic rings. The van der Waals surface area contributed by atoms with Crippen LogP contribution in [0.1, 0.15) is 78.7 Å². The molecule has 1 unspecified atom stereocenters. The number of nitrogens with two attached hydrogens (primary N) is 1. The van der Waals surface area contributed by atoms with Crippen molar-refractivity contribution in [2.24, 2.45) is 17.1 Å². The zero-order valence-electron chi connectivity index (χ0n) is 26.9. The first-order valence-electron chi connectivity index (χ1n) is 15.0. The van der Waals surface area contributed by atoms with E-state index in [0.717, 1.165) is 11.0 Å². The average Bonchev–Trinajstić information content (AvgIpc) is 2.95. The Kier molecular flexibility index (Phi) is 16.3. The molecule has 0 bridgehead atoms. The van der Waals surface area contributed by atoms with E-state index in [9.17, 15) is 32.4 Å². The lowest BCUT2D eigenvalue weighted by Crippen LogP contribution is -2.54. The van der Waals surface area contributed by atoms with Crippen molar-refractivity contribution in [3.63, 3.8) is 0 Å². The largest absolute Gasteiger partial charge is 0.460 e. The first-order chi connectivity index (χ1) is 20.9. The minimum atomic E-state index is -3.29. The van der Waals surface area contributed by atoms with Crippen LogP contribution in [0.2, 0.25) is 0 Å². The van der Waals surface area contributed by atoms with Crippen molar-refractivity contribution in [2.75, 3.05) is 17.6 Å². The van der Waals surface area contributed by atoms with Crippen molar-refractivity contribution in [1.29, 1.82) is 0 Å². The van der Waals surface area contributed by atoms with Crippen LogP contribution in [0, 0.1) is 11.3 Å². The number of sulfone groups is 1. The zero-order valence-corrected chi connectivity index (χ0v) is 27.8. The molecule has 0 aliphatic carbocycles. The van der Waals surface area contributed by atoms with Crippen LogP contribution in [0.3, 0.4) is 0 Å². The molecular weight excluding hydrogens is 602 g/mol. The molecule has 0 saturated carbocycles. The van der Waals surface area contributed by atoms with Gasteiger partial charge in [0.2, 0.25) is 17.7 Å². The Balaban J connectivity index is 2.85. The van der Waals surface area contributed by atoms with Gasteiger partial charge in [-0.1, -0.05) is 39.0 Å². The monoisotopic (exact) mass is 651 g/mol. The van der Waals surface area contributed by atoms with Gasteiger partial charge in [-0.15, -0.1) is 0 Å². The first kappa shape index (κ1) is 39.1. The Morgan fingerprint density at radius 2 is 1.60 bits per heavy atom. The number of carbonyl (C=O) groups excluding carboxylic acids is 5. The predicted molar refractivity (Wildman–Crippen MR) is 172 cm³/mol. The molecule has 0 saturated heterocycles. The number of anilines is 1. The molecular formula is C31H49N5O8S. The highest BCUT2D eigenvalue weighted by molar-refractivity contribution is 7.94. The number of nitrogens with one attached hydrogen (secondary N) is 4. The number of primary amides is 1. The minimum Gasteiger partial charge on any atom is -0.460 e. The Hall–Kier alpha value is -3.94. The van der Waals surface area contributed by atoms with Gasteiger partial charge >= 0.3 is 12.0 Å². The van der Waals surface area contributed by atoms with E-state index in [1.165, 1.54) is 0 Å². The van der Waals surface area contributed by atoms with Crippen molar-refractivity contribution in [1.82, 2.24) is 16.0 Å². The van der Waals surface area contributed by atoms with E-state index in [-0.39, 0.29) is 49.5 Å². The summed E-state index contributed by atoms with van der Waals surface area (Å²) in [7, 11) is -3.29. The second-order valence-corrected chi connectivity index (χ2v) is 14.2. The molecule has 6 N–H and O–H groups in total. The van der Waals surface area contributed by atoms with Gasteiger partial charge in [-0.2, -0.15) is 0 Å². The summed E-state index contributed by atoms with van der Waals surface area (Å²) in [5.41, 5.74) is 5.67. The summed E-state index contributed by atoms with van der Waals surface area (Å²) in [5, 5.41) is 11.6. The number of urea groups is 1. The Morgan fingerprint density at radius 1 is 0.956 bits per heavy atom. The number of ether oxygens (including phenoxy) is 1. The maximum Gasteiger partial charge on any atom is 0.312 e. The number of amides is 5. The molecule has 1 rings (SSSR count). The van der Waals surface area contributed by atoms with Gasteiger partial charge in [-0.3, -0.25) is 19.2 Å². The van der Waals surface area contributed by atoms with E-state index in [1.54, 1.807) is 58.9 Å². The van der Waals surface area contributed by atoms with Gasteiger partial charge in [0.25, 0.3) is 0 Å². The quantitative estimate of drug-likeness (QED) is 0.111. The molecule has 13 nitrogen and oxygen atoms in total. The second-order valence-electron chi connectivity index (χ2n) is 12.1. The van der Waals surface area contributed by atoms with Crippen molar-refractivity contribution in [2.45, 2.75) is 91.8 Å². The van der Waals surface area contributed by atoms with Gasteiger partial charge < -0.3 is 31.7 Å². The number of hydrogen-bond acceptors (Lipinski definition) is 8. The molecule has 252 valence electrons. The third-order valence-electron chi connectivity index (χ3n) is 6.66. The second kappa shape index (κ2) is 18.8. The van der Waals surface area contributed by atoms with E-state index in [4.69, 9.17) is 10.5 Å². The molecule has 45 heavy (non-hydrogen) atoms. The normalized spacial score (nSPS) is 12.8. The van der Waals surface area contributed by atoms with Gasteiger partial charge in [0.05, 0.1) is 11.2 Å². The lowest BCUT2D eigenvalue weighted by atomic mass is 9.97. The van der Waals surface area contributed by atoms with Crippen LogP contribution >= 0.6 is 0 Å². The molecule has 0 fully saturated rings. The van der Waals surface area contributed by atoms with Crippen LogP contribution < -0.4 is 27.0 Å². The Bertz CT molecular complexity index is 1270. The maximum atomic E-state index is 13.3. The van der Waals surface area contributed by atoms with Crippen molar-refractivity contribution in [3.05, 3.63) is 41.8 Å². The van der Waals surface area contributed by atoms with Crippen molar-refractivity contribution >= 4 is 45.2 Å². The molecule has 2 atom stereocenters. The summed E-state index contributed by atoms with van der Waals surface area (Å²) in [5.74, 6) is -2.09. The number of esters is 1. The fraction of sp³-hybridized carbons (Fsp3) is 0.581. The lowest BCUT2D eigenvalue weighted by Gasteiger charge is -2.25. The van der Waals surface area contributed by atoms with E-state index in [2.05, 4.69) is 27.8 Å². The number of carbonyl (C=O) groups is 5. The summed E-state index contributed by atoms with van der Waals surface area (Å²) in [6.45, 7) is 12.3. The summed E-state index contributed by atoms with van der Waals surface area (Å²) >= 11 is 0. The average molecular weight is 652 g/mol. The Morgan fingerprint density at radius 3 is 2.16 bits per heavy atom. The van der Waals surface area contributed by atoms with Crippen molar-refractivity contribution < 1.29 is 37.1 Å². The smallest absolute Gasteiger partial charge is 0.312 e. The summed E-state index contributed by atoms with van der Waals surface area (Å²) in [6.07, 6.45) is 1.97. The van der Waals surface area contributed by atoms with Crippen LogP contribution in [-0.4, -0.2) is 62.5 Å². The Labute approximate surface area is 266 Å². The molecule has 5 amide bonds. The fourth-order valence-electron chi connectivity index (χ4n) is 3.96. The number of hydrogen-bond donors (Lipinski definition) is 5. The summed E-state index contributed by atoms with van der Waals surface area (Å²) in [4.78, 5) is 62.2. The highest BCUT2D eigenvalue weighted by atomic mass is 32.2. The molecule has 0 aromatic heterocycles. The van der Waals surface area contributed by atoms with Gasteiger partial charge in [0.1, 0.15) is 18.7 Å². The van der Waals surface area contributed by atoms with Crippen LogP contribution in [0.4, 0.5) is 10.5 Å². The van der Waals surface area contributed by atoms with Crippen LogP contribution in [-0.2, 0) is 40.4 Å². The molecule has 0 heterocycles. The first-order valence-corrected chi connectivity index (χ1v) is 16.7. The molecule has 1 aromatic carbocycles. The van der Waals surface area contributed by atoms with Gasteiger partial charge in [0.15, 0.2) is 9.84 Å². The molecule has 0 aliphatic heterocycles. The van der Waals surface area contributed by atoms with Crippen molar-refractivity contribution in [3.8, 4) is 0 Å². The topological polar surface area (TPSA) is 203 Å². The van der Waals surface area contributed by atoms with E-state index >= 15 is 0 Å². The van der Waals surface area contributed by atoms with E-state index < -0.39 is 45.2 Å². The highest BCUT2D eigenvalue weighted by Crippen LogP contribution is 2.18. The molecule has 0 radical (unpaired) electrons. The summed E-state index contributed by atoms with van der Waals surface area (Å²) < 4.78 is 28.4. The van der Waals surface area contributed by atoms with E-state index in [0.29, 0.717) is 31.4 Å². The number of rotatable bonds is 19. The zero-order chi connectivity index (χ0) is 34.2. The molecule has 14 heteroatoms. The van der Waals surface area contributed by atoms with Crippen LogP contribution in [0.25, 0.3) is 0 Å². The third kappa shape index (κ3) is 16.1.